The number of aliphatic hydroxyl groups excluding tert-OH is 2. The number of nitrogens with two attached hydrogens (primary N) is 1. The third-order valence-electron chi connectivity index (χ3n) is 1.90. The normalized spacial score (nSPS) is 15.2. The van der Waals surface area contributed by atoms with Crippen LogP contribution >= 0.6 is 15.9 Å². The van der Waals surface area contributed by atoms with Gasteiger partial charge in [0.15, 0.2) is 0 Å². The molecule has 5 heteroatoms. The second kappa shape index (κ2) is 4.84. The molecule has 2 unspecified atom stereocenters. The van der Waals surface area contributed by atoms with Gasteiger partial charge in [0.2, 0.25) is 0 Å². The van der Waals surface area contributed by atoms with Crippen molar-refractivity contribution in [2.45, 2.75) is 12.2 Å². The molecular weight excluding hydrogens is 253 g/mol. The molecule has 0 radical (unpaired) electrons. The Hall–Kier alpha value is -0.490. The summed E-state index contributed by atoms with van der Waals surface area (Å²) >= 11 is 3.09. The van der Waals surface area contributed by atoms with Gasteiger partial charge >= 0.3 is 0 Å². The Morgan fingerprint density at radius 3 is 2.57 bits per heavy atom. The first-order valence-corrected chi connectivity index (χ1v) is 4.87. The van der Waals surface area contributed by atoms with Crippen LogP contribution in [-0.4, -0.2) is 22.9 Å². The van der Waals surface area contributed by atoms with Crippen molar-refractivity contribution in [2.24, 2.45) is 5.73 Å². The van der Waals surface area contributed by atoms with Gasteiger partial charge in [-0.05, 0) is 12.1 Å². The summed E-state index contributed by atoms with van der Waals surface area (Å²) < 4.78 is 13.7. The summed E-state index contributed by atoms with van der Waals surface area (Å²) in [7, 11) is 0. The number of halogens is 2. The van der Waals surface area contributed by atoms with E-state index in [1.807, 2.05) is 0 Å². The van der Waals surface area contributed by atoms with Crippen molar-refractivity contribution in [3.05, 3.63) is 34.1 Å². The molecule has 1 aromatic carbocycles. The minimum absolute atomic E-state index is 0.0328. The van der Waals surface area contributed by atoms with Crippen molar-refractivity contribution in [1.29, 1.82) is 0 Å². The van der Waals surface area contributed by atoms with Gasteiger partial charge in [-0.15, -0.1) is 0 Å². The van der Waals surface area contributed by atoms with E-state index in [4.69, 9.17) is 5.73 Å². The van der Waals surface area contributed by atoms with E-state index >= 15 is 0 Å². The van der Waals surface area contributed by atoms with Crippen molar-refractivity contribution in [3.8, 4) is 0 Å². The average Bonchev–Trinajstić information content (AvgIpc) is 2.16. The lowest BCUT2D eigenvalue weighted by Gasteiger charge is -2.18. The summed E-state index contributed by atoms with van der Waals surface area (Å²) in [6.45, 7) is -0.123. The molecule has 0 bridgehead atoms. The third-order valence-corrected chi connectivity index (χ3v) is 2.59. The first kappa shape index (κ1) is 11.6. The highest BCUT2D eigenvalue weighted by Gasteiger charge is 2.22. The predicted molar refractivity (Wildman–Crippen MR) is 54.1 cm³/mol. The standard InChI is InChI=1S/C9H11BrFNO2/c10-5-2-1-3-6(11)8(5)9(14)7(13)4-12/h1-3,7,9,13-14H,4,12H2. The highest BCUT2D eigenvalue weighted by molar-refractivity contribution is 9.10. The van der Waals surface area contributed by atoms with Crippen molar-refractivity contribution < 1.29 is 14.6 Å². The molecular formula is C9H11BrFNO2. The second-order valence-electron chi connectivity index (χ2n) is 2.88. The fourth-order valence-corrected chi connectivity index (χ4v) is 1.69. The van der Waals surface area contributed by atoms with Crippen LogP contribution in [0.5, 0.6) is 0 Å². The lowest BCUT2D eigenvalue weighted by Crippen LogP contribution is -2.28. The van der Waals surface area contributed by atoms with Crippen LogP contribution < -0.4 is 5.73 Å². The molecule has 0 aliphatic rings. The largest absolute Gasteiger partial charge is 0.389 e. The maximum absolute atomic E-state index is 13.3. The zero-order valence-corrected chi connectivity index (χ0v) is 8.91. The van der Waals surface area contributed by atoms with Gasteiger partial charge in [0, 0.05) is 16.6 Å². The number of hydrogen-bond donors (Lipinski definition) is 3. The van der Waals surface area contributed by atoms with Crippen molar-refractivity contribution in [3.63, 3.8) is 0 Å². The molecule has 4 N–H and O–H groups in total. The molecule has 0 spiro atoms. The van der Waals surface area contributed by atoms with E-state index in [0.717, 1.165) is 0 Å². The highest BCUT2D eigenvalue weighted by Crippen LogP contribution is 2.27. The summed E-state index contributed by atoms with van der Waals surface area (Å²) in [5.41, 5.74) is 5.20. The lowest BCUT2D eigenvalue weighted by molar-refractivity contribution is 0.0217. The first-order valence-electron chi connectivity index (χ1n) is 4.08. The second-order valence-corrected chi connectivity index (χ2v) is 3.74. The molecule has 0 saturated heterocycles. The quantitative estimate of drug-likeness (QED) is 0.761. The molecule has 14 heavy (non-hydrogen) atoms. The number of hydrogen-bond acceptors (Lipinski definition) is 3. The molecule has 0 saturated carbocycles. The summed E-state index contributed by atoms with van der Waals surface area (Å²) in [4.78, 5) is 0. The molecule has 1 aromatic rings. The fraction of sp³-hybridized carbons (Fsp3) is 0.333. The van der Waals surface area contributed by atoms with Gasteiger partial charge in [-0.2, -0.15) is 0 Å². The Bertz CT molecular complexity index is 301. The van der Waals surface area contributed by atoms with E-state index < -0.39 is 18.0 Å². The fourth-order valence-electron chi connectivity index (χ4n) is 1.11. The van der Waals surface area contributed by atoms with Crippen molar-refractivity contribution in [1.82, 2.24) is 0 Å². The van der Waals surface area contributed by atoms with Gasteiger partial charge in [0.05, 0.1) is 6.10 Å². The molecule has 3 nitrogen and oxygen atoms in total. The van der Waals surface area contributed by atoms with E-state index in [1.165, 1.54) is 12.1 Å². The van der Waals surface area contributed by atoms with Gasteiger partial charge in [-0.3, -0.25) is 0 Å². The summed E-state index contributed by atoms with van der Waals surface area (Å²) in [5, 5.41) is 18.8. The Morgan fingerprint density at radius 1 is 1.43 bits per heavy atom. The van der Waals surface area contributed by atoms with E-state index in [1.54, 1.807) is 6.07 Å². The minimum Gasteiger partial charge on any atom is -0.389 e. The maximum Gasteiger partial charge on any atom is 0.130 e. The topological polar surface area (TPSA) is 66.5 Å². The molecule has 0 amide bonds. The van der Waals surface area contributed by atoms with Gasteiger partial charge in [0.1, 0.15) is 11.9 Å². The molecule has 0 fully saturated rings. The number of rotatable bonds is 3. The van der Waals surface area contributed by atoms with E-state index in [0.29, 0.717) is 4.47 Å². The van der Waals surface area contributed by atoms with Gasteiger partial charge < -0.3 is 15.9 Å². The first-order chi connectivity index (χ1) is 6.57. The van der Waals surface area contributed by atoms with Crippen LogP contribution in [0.1, 0.15) is 11.7 Å². The van der Waals surface area contributed by atoms with Crippen molar-refractivity contribution >= 4 is 15.9 Å². The maximum atomic E-state index is 13.3. The van der Waals surface area contributed by atoms with E-state index in [2.05, 4.69) is 15.9 Å². The van der Waals surface area contributed by atoms with Crippen LogP contribution in [0.4, 0.5) is 4.39 Å². The molecule has 0 aromatic heterocycles. The predicted octanol–water partition coefficient (Wildman–Crippen LogP) is 0.941. The molecule has 1 rings (SSSR count). The summed E-state index contributed by atoms with van der Waals surface area (Å²) in [6.07, 6.45) is -2.47. The molecule has 0 aliphatic carbocycles. The molecule has 78 valence electrons. The van der Waals surface area contributed by atoms with Crippen LogP contribution in [0.15, 0.2) is 22.7 Å². The SMILES string of the molecule is NCC(O)C(O)c1c(F)cccc1Br. The number of aliphatic hydroxyl groups is 2. The lowest BCUT2D eigenvalue weighted by atomic mass is 10.0. The van der Waals surface area contributed by atoms with Gasteiger partial charge in [-0.25, -0.2) is 4.39 Å². The highest BCUT2D eigenvalue weighted by atomic mass is 79.9. The molecule has 0 heterocycles. The molecule has 2 atom stereocenters. The van der Waals surface area contributed by atoms with Crippen LogP contribution in [0.3, 0.4) is 0 Å². The monoisotopic (exact) mass is 263 g/mol. The van der Waals surface area contributed by atoms with Crippen LogP contribution in [0.2, 0.25) is 0 Å². The minimum atomic E-state index is -1.31. The number of benzene rings is 1. The smallest absolute Gasteiger partial charge is 0.130 e. The Labute approximate surface area is 89.5 Å². The average molecular weight is 264 g/mol. The van der Waals surface area contributed by atoms with Crippen LogP contribution in [0.25, 0.3) is 0 Å². The zero-order chi connectivity index (χ0) is 10.7. The van der Waals surface area contributed by atoms with Gasteiger partial charge in [-0.1, -0.05) is 22.0 Å². The van der Waals surface area contributed by atoms with Crippen LogP contribution in [-0.2, 0) is 0 Å². The third kappa shape index (κ3) is 2.30. The van der Waals surface area contributed by atoms with Crippen LogP contribution in [0, 0.1) is 5.82 Å². The van der Waals surface area contributed by atoms with Crippen molar-refractivity contribution in [2.75, 3.05) is 6.54 Å². The zero-order valence-electron chi connectivity index (χ0n) is 7.32. The Kier molecular flexibility index (Phi) is 4.00. The van der Waals surface area contributed by atoms with Gasteiger partial charge in [0.25, 0.3) is 0 Å². The van der Waals surface area contributed by atoms with E-state index in [9.17, 15) is 14.6 Å². The summed E-state index contributed by atoms with van der Waals surface area (Å²) in [5.74, 6) is -0.570. The molecule has 0 aliphatic heterocycles. The van der Waals surface area contributed by atoms with E-state index in [-0.39, 0.29) is 12.1 Å². The summed E-state index contributed by atoms with van der Waals surface area (Å²) in [6, 6.07) is 4.31. The Morgan fingerprint density at radius 2 is 2.07 bits per heavy atom. The Balaban J connectivity index is 3.05.